The smallest absolute Gasteiger partial charge is 0.353 e. The van der Waals surface area contributed by atoms with E-state index in [1.807, 2.05) is 12.3 Å². The Balaban J connectivity index is 2.18. The van der Waals surface area contributed by atoms with Crippen molar-refractivity contribution in [3.05, 3.63) is 27.5 Å². The quantitative estimate of drug-likeness (QED) is 0.377. The molecule has 3 rings (SSSR count). The van der Waals surface area contributed by atoms with Gasteiger partial charge < -0.3 is 23.1 Å². The highest BCUT2D eigenvalue weighted by atomic mass is 32.1. The minimum Gasteiger partial charge on any atom is -0.477 e. The van der Waals surface area contributed by atoms with Crippen LogP contribution in [0.1, 0.15) is 18.7 Å². The molecule has 8 nitrogen and oxygen atoms in total. The first-order valence-corrected chi connectivity index (χ1v) is 23.0. The molecule has 1 aliphatic rings. The Labute approximate surface area is 209 Å². The van der Waals surface area contributed by atoms with Crippen molar-refractivity contribution < 1.29 is 27.7 Å². The van der Waals surface area contributed by atoms with E-state index in [4.69, 9.17) is 18.0 Å². The largest absolute Gasteiger partial charge is 0.477 e. The summed E-state index contributed by atoms with van der Waals surface area (Å²) in [5, 5.41) is 13.1. The van der Waals surface area contributed by atoms with Crippen molar-refractivity contribution in [2.24, 2.45) is 0 Å². The van der Waals surface area contributed by atoms with Gasteiger partial charge in [-0.1, -0.05) is 18.3 Å². The molecule has 0 spiro atoms. The minimum absolute atomic E-state index is 0.0670. The van der Waals surface area contributed by atoms with Crippen molar-refractivity contribution in [1.82, 2.24) is 4.40 Å². The Morgan fingerprint density at radius 3 is 2.15 bits per heavy atom. The third-order valence-corrected chi connectivity index (χ3v) is 9.18. The fraction of sp³-hybridized carbons (Fsp3) is 0.727. The van der Waals surface area contributed by atoms with Gasteiger partial charge in [-0.05, 0) is 65.3 Å². The first kappa shape index (κ1) is 27.7. The molecular formula is C22H41N2O6SSi3+. The van der Waals surface area contributed by atoms with Crippen LogP contribution in [0.3, 0.4) is 0 Å². The molecule has 0 bridgehead atoms. The summed E-state index contributed by atoms with van der Waals surface area (Å²) >= 11 is 1.39. The molecule has 0 aromatic carbocycles. The van der Waals surface area contributed by atoms with Crippen molar-refractivity contribution in [3.63, 3.8) is 0 Å². The number of rotatable bonds is 9. The number of hydrogen-bond acceptors (Lipinski definition) is 7. The normalized spacial score (nSPS) is 24.3. The maximum absolute atomic E-state index is 12.9. The molecule has 1 fully saturated rings. The second kappa shape index (κ2) is 9.88. The number of fused-ring (bicyclic) bond motifs is 1. The number of nitrogens with zero attached hydrogens (tertiary/aromatic N) is 2. The molecule has 0 saturated carbocycles. The lowest BCUT2D eigenvalue weighted by Crippen LogP contribution is -2.54. The highest BCUT2D eigenvalue weighted by Gasteiger charge is 2.54. The molecule has 4 atom stereocenters. The van der Waals surface area contributed by atoms with Crippen LogP contribution >= 0.6 is 11.3 Å². The molecule has 0 amide bonds. The first-order chi connectivity index (χ1) is 15.5. The van der Waals surface area contributed by atoms with E-state index in [1.54, 1.807) is 15.2 Å². The third kappa shape index (κ3) is 6.27. The van der Waals surface area contributed by atoms with Crippen LogP contribution in [-0.2, 0) is 24.4 Å². The second-order valence-corrected chi connectivity index (χ2v) is 26.1. The Hall–Kier alpha value is -0.869. The Morgan fingerprint density at radius 2 is 1.62 bits per heavy atom. The molecule has 0 unspecified atom stereocenters. The molecule has 0 aliphatic carbocycles. The van der Waals surface area contributed by atoms with Crippen molar-refractivity contribution in [2.75, 3.05) is 6.61 Å². The zero-order valence-electron chi connectivity index (χ0n) is 22.2. The van der Waals surface area contributed by atoms with Gasteiger partial charge in [0.2, 0.25) is 6.23 Å². The number of aromatic hydroxyl groups is 1. The fourth-order valence-corrected chi connectivity index (χ4v) is 7.78. The molecular weight excluding hydrogens is 505 g/mol. The second-order valence-electron chi connectivity index (χ2n) is 11.8. The van der Waals surface area contributed by atoms with E-state index in [0.717, 1.165) is 0 Å². The van der Waals surface area contributed by atoms with Crippen LogP contribution in [0.4, 0.5) is 0 Å². The lowest BCUT2D eigenvalue weighted by atomic mass is 10.1. The molecule has 1 N–H and O–H groups in total. The summed E-state index contributed by atoms with van der Waals surface area (Å²) in [5.74, 6) is -0.0670. The van der Waals surface area contributed by atoms with E-state index < -0.39 is 37.3 Å². The summed E-state index contributed by atoms with van der Waals surface area (Å²) in [4.78, 5) is 13.5. The fourth-order valence-electron chi connectivity index (χ4n) is 4.08. The van der Waals surface area contributed by atoms with Gasteiger partial charge >= 0.3 is 10.5 Å². The Bertz CT molecular complexity index is 1070. The topological polar surface area (TPSA) is 82.5 Å². The van der Waals surface area contributed by atoms with Crippen LogP contribution in [-0.4, -0.2) is 59.4 Å². The maximum atomic E-state index is 12.9. The van der Waals surface area contributed by atoms with Crippen LogP contribution in [0.2, 0.25) is 58.9 Å². The van der Waals surface area contributed by atoms with E-state index >= 15 is 0 Å². The van der Waals surface area contributed by atoms with E-state index in [9.17, 15) is 9.90 Å². The predicted molar refractivity (Wildman–Crippen MR) is 142 cm³/mol. The van der Waals surface area contributed by atoms with Gasteiger partial charge in [0.15, 0.2) is 25.0 Å². The number of hydrogen-bond donors (Lipinski definition) is 1. The summed E-state index contributed by atoms with van der Waals surface area (Å²) in [6.07, 6.45) is 0.354. The molecule has 3 heterocycles. The first-order valence-electron chi connectivity index (χ1n) is 11.9. The van der Waals surface area contributed by atoms with Gasteiger partial charge in [0.25, 0.3) is 5.88 Å². The van der Waals surface area contributed by atoms with Crippen molar-refractivity contribution in [1.29, 1.82) is 0 Å². The van der Waals surface area contributed by atoms with Crippen LogP contribution in [0.15, 0.2) is 16.4 Å². The molecule has 1 saturated heterocycles. The van der Waals surface area contributed by atoms with E-state index in [-0.39, 0.29) is 23.6 Å². The molecule has 1 aliphatic heterocycles. The average molecular weight is 546 g/mol. The minimum atomic E-state index is -2.04. The Kier molecular flexibility index (Phi) is 8.06. The van der Waals surface area contributed by atoms with Crippen molar-refractivity contribution in [3.8, 4) is 5.88 Å². The predicted octanol–water partition coefficient (Wildman–Crippen LogP) is 4.11. The summed E-state index contributed by atoms with van der Waals surface area (Å²) in [7, 11) is -5.83. The zero-order valence-corrected chi connectivity index (χ0v) is 26.0. The standard InChI is InChI=1S/C22H40N2O6SSi3/c1-11-15-19(25)23-12-13-31-22(23)24(20(15)26)21-18(30-34(8,9)10)17(29-33(5,6)7)16(28-21)14-27-32(2,3)4/h12-13,16-18,21H,11,14H2,1-10H3/p+1/t16-,17-,18-,21-/m1/s1. The molecule has 0 radical (unpaired) electrons. The van der Waals surface area contributed by atoms with Crippen LogP contribution in [0.5, 0.6) is 5.88 Å². The van der Waals surface area contributed by atoms with Gasteiger partial charge in [-0.2, -0.15) is 8.97 Å². The third-order valence-electron chi connectivity index (χ3n) is 5.32. The zero-order chi connectivity index (χ0) is 25.6. The van der Waals surface area contributed by atoms with Crippen LogP contribution in [0, 0.1) is 0 Å². The summed E-state index contributed by atoms with van der Waals surface area (Å²) in [5.41, 5.74) is 0.150. The van der Waals surface area contributed by atoms with Gasteiger partial charge in [0.1, 0.15) is 30.1 Å². The van der Waals surface area contributed by atoms with Crippen molar-refractivity contribution >= 4 is 41.2 Å². The highest BCUT2D eigenvalue weighted by Crippen LogP contribution is 2.36. The number of thiazole rings is 1. The lowest BCUT2D eigenvalue weighted by Gasteiger charge is -2.33. The van der Waals surface area contributed by atoms with Crippen molar-refractivity contribution in [2.45, 2.75) is 96.8 Å². The SMILES string of the molecule is CCc1c(O)[n+]([C@@H]2O[C@H](CO[Si](C)(C)C)[C@@H](O[Si](C)(C)C)[C@H]2O[Si](C)(C)C)c2sccn2c1=O. The number of aromatic nitrogens is 2. The number of ether oxygens (including phenoxy) is 1. The summed E-state index contributed by atoms with van der Waals surface area (Å²) in [6, 6.07) is 0. The van der Waals surface area contributed by atoms with Gasteiger partial charge in [-0.25, -0.2) is 4.79 Å². The highest BCUT2D eigenvalue weighted by molar-refractivity contribution is 7.14. The summed E-state index contributed by atoms with van der Waals surface area (Å²) in [6.45, 7) is 21.6. The van der Waals surface area contributed by atoms with E-state index in [2.05, 4.69) is 58.9 Å². The molecule has 192 valence electrons. The maximum Gasteiger partial charge on any atom is 0.353 e. The molecule has 2 aromatic heterocycles. The van der Waals surface area contributed by atoms with Gasteiger partial charge in [-0.15, -0.1) is 0 Å². The van der Waals surface area contributed by atoms with Gasteiger partial charge in [0.05, 0.1) is 6.61 Å². The van der Waals surface area contributed by atoms with E-state index in [1.165, 1.54) is 11.3 Å². The average Bonchev–Trinajstić information content (AvgIpc) is 3.25. The monoisotopic (exact) mass is 545 g/mol. The lowest BCUT2D eigenvalue weighted by molar-refractivity contribution is -0.748. The van der Waals surface area contributed by atoms with Crippen LogP contribution < -0.4 is 10.1 Å². The van der Waals surface area contributed by atoms with E-state index in [0.29, 0.717) is 23.6 Å². The van der Waals surface area contributed by atoms with Crippen LogP contribution in [0.25, 0.3) is 4.96 Å². The van der Waals surface area contributed by atoms with Gasteiger partial charge in [-0.3, -0.25) is 0 Å². The summed E-state index contributed by atoms with van der Waals surface area (Å²) < 4.78 is 29.6. The molecule has 34 heavy (non-hydrogen) atoms. The van der Waals surface area contributed by atoms with Gasteiger partial charge in [0, 0.05) is 5.38 Å². The molecule has 2 aromatic rings. The Morgan fingerprint density at radius 1 is 1.03 bits per heavy atom. The molecule has 12 heteroatoms.